The van der Waals surface area contributed by atoms with Crippen LogP contribution in [0.3, 0.4) is 0 Å². The number of alkyl halides is 1. The van der Waals surface area contributed by atoms with Gasteiger partial charge in [0.1, 0.15) is 17.1 Å². The molecule has 1 aromatic rings. The normalized spacial score (nSPS) is 22.5. The second kappa shape index (κ2) is 6.93. The quantitative estimate of drug-likeness (QED) is 0.838. The fraction of sp³-hybridized carbons (Fsp3) is 0.533. The number of benzene rings is 1. The fourth-order valence-corrected chi connectivity index (χ4v) is 3.21. The number of hydrogen-bond acceptors (Lipinski definition) is 2. The zero-order chi connectivity index (χ0) is 14.5. The highest BCUT2D eigenvalue weighted by Crippen LogP contribution is 2.30. The fourth-order valence-electron chi connectivity index (χ4n) is 2.81. The van der Waals surface area contributed by atoms with Gasteiger partial charge in [-0.2, -0.15) is 0 Å². The highest BCUT2D eigenvalue weighted by atomic mass is 35.5. The maximum Gasteiger partial charge on any atom is 0.258 e. The number of aromatic hydroxyl groups is 1. The summed E-state index contributed by atoms with van der Waals surface area (Å²) in [5.41, 5.74) is -0.286. The van der Waals surface area contributed by atoms with E-state index in [9.17, 15) is 14.3 Å². The molecule has 1 aliphatic rings. The summed E-state index contributed by atoms with van der Waals surface area (Å²) in [4.78, 5) is 12.0. The average Bonchev–Trinajstić information content (AvgIpc) is 2.45. The molecule has 3 nitrogen and oxygen atoms in total. The Morgan fingerprint density at radius 3 is 2.70 bits per heavy atom. The second-order valence-electron chi connectivity index (χ2n) is 5.30. The topological polar surface area (TPSA) is 49.3 Å². The highest BCUT2D eigenvalue weighted by Gasteiger charge is 2.25. The number of carbonyl (C=O) groups is 1. The molecule has 2 rings (SSSR count). The van der Waals surface area contributed by atoms with Gasteiger partial charge in [0.05, 0.1) is 0 Å². The number of nitrogens with one attached hydrogen (secondary N) is 1. The van der Waals surface area contributed by atoms with Gasteiger partial charge in [0.25, 0.3) is 5.91 Å². The molecule has 0 aliphatic heterocycles. The minimum absolute atomic E-state index is 0.286. The van der Waals surface area contributed by atoms with Gasteiger partial charge in [-0.15, -0.1) is 11.6 Å². The summed E-state index contributed by atoms with van der Waals surface area (Å²) >= 11 is 5.95. The Hall–Kier alpha value is -1.29. The maximum atomic E-state index is 13.6. The standard InChI is InChI=1S/C15H19ClFNO2/c16-8-10-4-1-2-5-11(10)9-18-15(20)14-12(17)6-3-7-13(14)19/h3,6-7,10-11,19H,1-2,4-5,8-9H2,(H,18,20). The van der Waals surface area contributed by atoms with E-state index in [2.05, 4.69) is 5.32 Å². The van der Waals surface area contributed by atoms with E-state index in [1.165, 1.54) is 18.6 Å². The summed E-state index contributed by atoms with van der Waals surface area (Å²) in [5.74, 6) is -0.288. The number of phenolic OH excluding ortho intramolecular Hbond substituents is 1. The molecule has 0 aromatic heterocycles. The summed E-state index contributed by atoms with van der Waals surface area (Å²) in [6, 6.07) is 3.84. The van der Waals surface area contributed by atoms with Crippen LogP contribution in [0.1, 0.15) is 36.0 Å². The van der Waals surface area contributed by atoms with Crippen LogP contribution < -0.4 is 5.32 Å². The van der Waals surface area contributed by atoms with Crippen LogP contribution in [0, 0.1) is 17.7 Å². The molecule has 1 aromatic carbocycles. The molecule has 5 heteroatoms. The summed E-state index contributed by atoms with van der Waals surface area (Å²) < 4.78 is 13.6. The molecule has 0 bridgehead atoms. The van der Waals surface area contributed by atoms with Crippen LogP contribution in [-0.4, -0.2) is 23.4 Å². The minimum Gasteiger partial charge on any atom is -0.507 e. The lowest BCUT2D eigenvalue weighted by atomic mass is 9.80. The van der Waals surface area contributed by atoms with Crippen LogP contribution >= 0.6 is 11.6 Å². The first kappa shape index (κ1) is 15.1. The first-order valence-corrected chi connectivity index (χ1v) is 7.48. The SMILES string of the molecule is O=C(NCC1CCCCC1CCl)c1c(O)cccc1F. The van der Waals surface area contributed by atoms with E-state index < -0.39 is 11.7 Å². The van der Waals surface area contributed by atoms with E-state index in [0.717, 1.165) is 25.3 Å². The van der Waals surface area contributed by atoms with Crippen molar-refractivity contribution in [2.45, 2.75) is 25.7 Å². The lowest BCUT2D eigenvalue weighted by molar-refractivity contribution is 0.0930. The Morgan fingerprint density at radius 1 is 1.35 bits per heavy atom. The molecule has 1 fully saturated rings. The van der Waals surface area contributed by atoms with Crippen molar-refractivity contribution < 1.29 is 14.3 Å². The molecule has 2 unspecified atom stereocenters. The first-order valence-electron chi connectivity index (χ1n) is 6.95. The van der Waals surface area contributed by atoms with Gasteiger partial charge in [0, 0.05) is 12.4 Å². The van der Waals surface area contributed by atoms with Gasteiger partial charge in [-0.3, -0.25) is 4.79 Å². The monoisotopic (exact) mass is 299 g/mol. The van der Waals surface area contributed by atoms with Crippen molar-refractivity contribution in [1.29, 1.82) is 0 Å². The van der Waals surface area contributed by atoms with E-state index in [-0.39, 0.29) is 11.3 Å². The van der Waals surface area contributed by atoms with Crippen LogP contribution in [0.15, 0.2) is 18.2 Å². The third kappa shape index (κ3) is 3.42. The van der Waals surface area contributed by atoms with Crippen molar-refractivity contribution in [2.24, 2.45) is 11.8 Å². The summed E-state index contributed by atoms with van der Waals surface area (Å²) in [5, 5.41) is 12.3. The Balaban J connectivity index is 1.98. The van der Waals surface area contributed by atoms with Crippen molar-refractivity contribution in [1.82, 2.24) is 5.32 Å². The molecular formula is C15H19ClFNO2. The van der Waals surface area contributed by atoms with Gasteiger partial charge >= 0.3 is 0 Å². The number of phenols is 1. The molecule has 2 N–H and O–H groups in total. The third-order valence-corrected chi connectivity index (χ3v) is 4.40. The lowest BCUT2D eigenvalue weighted by Crippen LogP contribution is -2.35. The van der Waals surface area contributed by atoms with Gasteiger partial charge in [-0.05, 0) is 36.8 Å². The molecule has 20 heavy (non-hydrogen) atoms. The Labute approximate surface area is 123 Å². The lowest BCUT2D eigenvalue weighted by Gasteiger charge is -2.30. The molecule has 2 atom stereocenters. The van der Waals surface area contributed by atoms with Crippen LogP contribution in [0.4, 0.5) is 4.39 Å². The molecule has 1 saturated carbocycles. The number of carbonyl (C=O) groups excluding carboxylic acids is 1. The Morgan fingerprint density at radius 2 is 2.05 bits per heavy atom. The van der Waals surface area contributed by atoms with Crippen molar-refractivity contribution in [3.63, 3.8) is 0 Å². The van der Waals surface area contributed by atoms with Gasteiger partial charge in [0.15, 0.2) is 0 Å². The van der Waals surface area contributed by atoms with Gasteiger partial charge in [-0.25, -0.2) is 4.39 Å². The van der Waals surface area contributed by atoms with Gasteiger partial charge in [0.2, 0.25) is 0 Å². The summed E-state index contributed by atoms with van der Waals surface area (Å²) in [7, 11) is 0. The molecule has 0 saturated heterocycles. The molecule has 0 heterocycles. The average molecular weight is 300 g/mol. The number of halogens is 2. The van der Waals surface area contributed by atoms with E-state index in [1.807, 2.05) is 0 Å². The van der Waals surface area contributed by atoms with E-state index in [4.69, 9.17) is 11.6 Å². The molecule has 110 valence electrons. The van der Waals surface area contributed by atoms with Crippen molar-refractivity contribution in [3.8, 4) is 5.75 Å². The van der Waals surface area contributed by atoms with E-state index in [1.54, 1.807) is 0 Å². The zero-order valence-electron chi connectivity index (χ0n) is 11.2. The van der Waals surface area contributed by atoms with E-state index in [0.29, 0.717) is 24.3 Å². The molecular weight excluding hydrogens is 281 g/mol. The van der Waals surface area contributed by atoms with Crippen LogP contribution in [-0.2, 0) is 0 Å². The van der Waals surface area contributed by atoms with Crippen LogP contribution in [0.25, 0.3) is 0 Å². The second-order valence-corrected chi connectivity index (χ2v) is 5.61. The predicted molar refractivity (Wildman–Crippen MR) is 76.6 cm³/mol. The number of hydrogen-bond donors (Lipinski definition) is 2. The van der Waals surface area contributed by atoms with Crippen molar-refractivity contribution in [2.75, 3.05) is 12.4 Å². The van der Waals surface area contributed by atoms with Gasteiger partial charge < -0.3 is 10.4 Å². The summed E-state index contributed by atoms with van der Waals surface area (Å²) in [6.07, 6.45) is 4.42. The highest BCUT2D eigenvalue weighted by molar-refractivity contribution is 6.18. The maximum absolute atomic E-state index is 13.6. The van der Waals surface area contributed by atoms with Crippen LogP contribution in [0.5, 0.6) is 5.75 Å². The third-order valence-electron chi connectivity index (χ3n) is 4.01. The summed E-state index contributed by atoms with van der Waals surface area (Å²) in [6.45, 7) is 0.476. The Bertz CT molecular complexity index is 461. The number of rotatable bonds is 4. The predicted octanol–water partition coefficient (Wildman–Crippen LogP) is 3.31. The van der Waals surface area contributed by atoms with Crippen molar-refractivity contribution in [3.05, 3.63) is 29.6 Å². The molecule has 1 aliphatic carbocycles. The Kier molecular flexibility index (Phi) is 5.24. The smallest absolute Gasteiger partial charge is 0.258 e. The molecule has 0 spiro atoms. The van der Waals surface area contributed by atoms with Crippen LogP contribution in [0.2, 0.25) is 0 Å². The molecule has 0 radical (unpaired) electrons. The number of amides is 1. The minimum atomic E-state index is -0.708. The zero-order valence-corrected chi connectivity index (χ0v) is 12.0. The molecule has 1 amide bonds. The van der Waals surface area contributed by atoms with Gasteiger partial charge in [-0.1, -0.05) is 18.9 Å². The van der Waals surface area contributed by atoms with E-state index >= 15 is 0 Å². The van der Waals surface area contributed by atoms with Crippen molar-refractivity contribution >= 4 is 17.5 Å². The first-order chi connectivity index (χ1) is 9.63. The largest absolute Gasteiger partial charge is 0.507 e.